The summed E-state index contributed by atoms with van der Waals surface area (Å²) in [4.78, 5) is 12.2. The smallest absolute Gasteiger partial charge is 0.119 e. The largest absolute Gasteiger partial charge is 0.492 e. The number of hydrogen-bond acceptors (Lipinski definition) is 4. The van der Waals surface area contributed by atoms with Crippen LogP contribution in [-0.4, -0.2) is 32.1 Å². The molecule has 14 heavy (non-hydrogen) atoms. The Morgan fingerprint density at radius 3 is 2.43 bits per heavy atom. The highest BCUT2D eigenvalue weighted by Crippen LogP contribution is 2.17. The van der Waals surface area contributed by atoms with Crippen LogP contribution in [0, 0.1) is 4.91 Å². The van der Waals surface area contributed by atoms with E-state index in [0.29, 0.717) is 12.3 Å². The first-order valence-electron chi connectivity index (χ1n) is 4.43. The summed E-state index contributed by atoms with van der Waals surface area (Å²) in [5, 5.41) is 2.81. The summed E-state index contributed by atoms with van der Waals surface area (Å²) < 4.78 is 5.43. The summed E-state index contributed by atoms with van der Waals surface area (Å²) in [6.07, 6.45) is 0. The summed E-state index contributed by atoms with van der Waals surface area (Å²) in [6.45, 7) is 1.51. The summed E-state index contributed by atoms with van der Waals surface area (Å²) in [5.74, 6) is 0.763. The second-order valence-electron chi connectivity index (χ2n) is 3.24. The van der Waals surface area contributed by atoms with Crippen molar-refractivity contribution in [1.29, 1.82) is 0 Å². The maximum atomic E-state index is 10.1. The van der Waals surface area contributed by atoms with Crippen molar-refractivity contribution in [2.75, 3.05) is 27.2 Å². The third kappa shape index (κ3) is 3.53. The third-order valence-corrected chi connectivity index (χ3v) is 1.75. The van der Waals surface area contributed by atoms with Gasteiger partial charge in [0.2, 0.25) is 0 Å². The van der Waals surface area contributed by atoms with Gasteiger partial charge in [0.15, 0.2) is 0 Å². The van der Waals surface area contributed by atoms with Crippen molar-refractivity contribution >= 4 is 5.69 Å². The molecule has 0 spiro atoms. The Bertz CT molecular complexity index is 283. The number of nitrogens with zero attached hydrogens (tertiary/aromatic N) is 2. The van der Waals surface area contributed by atoms with E-state index in [9.17, 15) is 4.91 Å². The molecule has 1 aromatic carbocycles. The molecule has 0 N–H and O–H groups in total. The standard InChI is InChI=1S/C10H14N2O2/c1-12(2)7-8-14-10-5-3-9(11-13)4-6-10/h3-6H,7-8H2,1-2H3. The Morgan fingerprint density at radius 2 is 1.93 bits per heavy atom. The van der Waals surface area contributed by atoms with Crippen LogP contribution >= 0.6 is 0 Å². The first-order chi connectivity index (χ1) is 6.72. The van der Waals surface area contributed by atoms with E-state index >= 15 is 0 Å². The molecule has 4 heteroatoms. The monoisotopic (exact) mass is 194 g/mol. The number of likely N-dealkylation sites (N-methyl/N-ethyl adjacent to an activating group) is 1. The van der Waals surface area contributed by atoms with Crippen LogP contribution < -0.4 is 4.74 Å². The van der Waals surface area contributed by atoms with Crippen molar-refractivity contribution < 1.29 is 4.74 Å². The lowest BCUT2D eigenvalue weighted by molar-refractivity contribution is 0.261. The zero-order chi connectivity index (χ0) is 10.4. The molecular formula is C10H14N2O2. The summed E-state index contributed by atoms with van der Waals surface area (Å²) in [7, 11) is 3.98. The molecule has 0 saturated carbocycles. The van der Waals surface area contributed by atoms with Crippen LogP contribution in [-0.2, 0) is 0 Å². The van der Waals surface area contributed by atoms with Gasteiger partial charge in [0.05, 0.1) is 0 Å². The first kappa shape index (κ1) is 10.7. The minimum atomic E-state index is 0.421. The Labute approximate surface area is 83.5 Å². The Balaban J connectivity index is 2.40. The molecule has 0 atom stereocenters. The average molecular weight is 194 g/mol. The van der Waals surface area contributed by atoms with Gasteiger partial charge in [-0.1, -0.05) is 0 Å². The second-order valence-corrected chi connectivity index (χ2v) is 3.24. The predicted molar refractivity (Wildman–Crippen MR) is 55.9 cm³/mol. The highest BCUT2D eigenvalue weighted by Gasteiger charge is 1.95. The van der Waals surface area contributed by atoms with Crippen LogP contribution in [0.5, 0.6) is 5.75 Å². The zero-order valence-corrected chi connectivity index (χ0v) is 8.43. The Hall–Kier alpha value is -1.42. The van der Waals surface area contributed by atoms with Crippen molar-refractivity contribution in [3.63, 3.8) is 0 Å². The fourth-order valence-corrected chi connectivity index (χ4v) is 0.949. The molecule has 0 amide bonds. The normalized spacial score (nSPS) is 10.2. The summed E-state index contributed by atoms with van der Waals surface area (Å²) in [6, 6.07) is 6.76. The van der Waals surface area contributed by atoms with Crippen LogP contribution in [0.1, 0.15) is 0 Å². The SMILES string of the molecule is CN(C)CCOc1ccc(N=O)cc1. The van der Waals surface area contributed by atoms with Gasteiger partial charge in [-0.25, -0.2) is 0 Å². The fourth-order valence-electron chi connectivity index (χ4n) is 0.949. The summed E-state index contributed by atoms with van der Waals surface area (Å²) >= 11 is 0. The van der Waals surface area contributed by atoms with Gasteiger partial charge in [-0.15, -0.1) is 4.91 Å². The lowest BCUT2D eigenvalue weighted by Crippen LogP contribution is -2.19. The maximum Gasteiger partial charge on any atom is 0.119 e. The van der Waals surface area contributed by atoms with Crippen molar-refractivity contribution in [1.82, 2.24) is 4.90 Å². The van der Waals surface area contributed by atoms with Crippen LogP contribution in [0.3, 0.4) is 0 Å². The lowest BCUT2D eigenvalue weighted by Gasteiger charge is -2.10. The van der Waals surface area contributed by atoms with Gasteiger partial charge in [0.25, 0.3) is 0 Å². The van der Waals surface area contributed by atoms with E-state index in [-0.39, 0.29) is 0 Å². The van der Waals surface area contributed by atoms with Crippen LogP contribution in [0.4, 0.5) is 5.69 Å². The van der Waals surface area contributed by atoms with Gasteiger partial charge in [-0.3, -0.25) is 0 Å². The highest BCUT2D eigenvalue weighted by molar-refractivity contribution is 5.40. The molecule has 0 radical (unpaired) electrons. The number of hydrogen-bond donors (Lipinski definition) is 0. The van der Waals surface area contributed by atoms with Crippen LogP contribution in [0.25, 0.3) is 0 Å². The molecule has 0 aliphatic carbocycles. The molecule has 4 nitrogen and oxygen atoms in total. The quantitative estimate of drug-likeness (QED) is 0.673. The topological polar surface area (TPSA) is 41.9 Å². The number of rotatable bonds is 5. The van der Waals surface area contributed by atoms with Gasteiger partial charge in [0, 0.05) is 6.54 Å². The van der Waals surface area contributed by atoms with Gasteiger partial charge in [-0.2, -0.15) is 0 Å². The third-order valence-electron chi connectivity index (χ3n) is 1.75. The number of nitroso groups, excluding NO2 is 1. The van der Waals surface area contributed by atoms with Crippen molar-refractivity contribution in [3.8, 4) is 5.75 Å². The number of benzene rings is 1. The van der Waals surface area contributed by atoms with Gasteiger partial charge in [-0.05, 0) is 43.5 Å². The minimum Gasteiger partial charge on any atom is -0.492 e. The molecule has 0 aliphatic heterocycles. The molecule has 0 unspecified atom stereocenters. The fraction of sp³-hybridized carbons (Fsp3) is 0.400. The molecule has 0 aromatic heterocycles. The van der Waals surface area contributed by atoms with E-state index < -0.39 is 0 Å². The Kier molecular flexibility index (Phi) is 4.07. The molecule has 1 rings (SSSR count). The van der Waals surface area contributed by atoms with Crippen LogP contribution in [0.15, 0.2) is 29.4 Å². The highest BCUT2D eigenvalue weighted by atomic mass is 16.5. The van der Waals surface area contributed by atoms with E-state index in [1.54, 1.807) is 24.3 Å². The summed E-state index contributed by atoms with van der Waals surface area (Å²) in [5.41, 5.74) is 0.421. The van der Waals surface area contributed by atoms with Crippen molar-refractivity contribution in [2.45, 2.75) is 0 Å². The lowest BCUT2D eigenvalue weighted by atomic mass is 10.3. The molecular weight excluding hydrogens is 180 g/mol. The molecule has 0 fully saturated rings. The molecule has 0 bridgehead atoms. The maximum absolute atomic E-state index is 10.1. The van der Waals surface area contributed by atoms with E-state index in [4.69, 9.17) is 4.74 Å². The van der Waals surface area contributed by atoms with Crippen LogP contribution in [0.2, 0.25) is 0 Å². The average Bonchev–Trinajstić information content (AvgIpc) is 2.18. The first-order valence-corrected chi connectivity index (χ1v) is 4.43. The molecule has 0 heterocycles. The molecule has 1 aromatic rings. The zero-order valence-electron chi connectivity index (χ0n) is 8.43. The molecule has 0 aliphatic rings. The minimum absolute atomic E-state index is 0.421. The van der Waals surface area contributed by atoms with Gasteiger partial charge >= 0.3 is 0 Å². The van der Waals surface area contributed by atoms with Gasteiger partial charge < -0.3 is 9.64 Å². The molecule has 0 saturated heterocycles. The predicted octanol–water partition coefficient (Wildman–Crippen LogP) is 2.02. The van der Waals surface area contributed by atoms with E-state index in [1.165, 1.54) is 0 Å². The van der Waals surface area contributed by atoms with E-state index in [1.807, 2.05) is 19.0 Å². The van der Waals surface area contributed by atoms with Crippen molar-refractivity contribution in [2.24, 2.45) is 5.18 Å². The number of ether oxygens (including phenoxy) is 1. The Morgan fingerprint density at radius 1 is 1.29 bits per heavy atom. The second kappa shape index (κ2) is 5.34. The van der Waals surface area contributed by atoms with E-state index in [2.05, 4.69) is 5.18 Å². The van der Waals surface area contributed by atoms with E-state index in [0.717, 1.165) is 12.3 Å². The van der Waals surface area contributed by atoms with Crippen molar-refractivity contribution in [3.05, 3.63) is 29.2 Å². The van der Waals surface area contributed by atoms with Gasteiger partial charge in [0.1, 0.15) is 18.0 Å². The molecule has 76 valence electrons.